The Morgan fingerprint density at radius 2 is 1.97 bits per heavy atom. The molecular weight excluding hydrogens is 464 g/mol. The Labute approximate surface area is 199 Å². The summed E-state index contributed by atoms with van der Waals surface area (Å²) in [6.45, 7) is 6.01. The minimum atomic E-state index is -0.899. The van der Waals surface area contributed by atoms with Gasteiger partial charge in [-0.15, -0.1) is 0 Å². The van der Waals surface area contributed by atoms with Gasteiger partial charge in [0.25, 0.3) is 0 Å². The lowest BCUT2D eigenvalue weighted by Gasteiger charge is -2.34. The first kappa shape index (κ1) is 23.6. The number of hydrogen-bond donors (Lipinski definition) is 2. The molecule has 1 aromatic heterocycles. The van der Waals surface area contributed by atoms with Crippen LogP contribution in [0.3, 0.4) is 0 Å². The topological polar surface area (TPSA) is 82.5 Å². The molecule has 0 spiro atoms. The molecule has 9 heteroatoms. The number of halogens is 3. The van der Waals surface area contributed by atoms with Crippen LogP contribution in [0.5, 0.6) is 5.75 Å². The highest BCUT2D eigenvalue weighted by atomic mass is 35.5. The number of anilines is 2. The van der Waals surface area contributed by atoms with Gasteiger partial charge in [-0.25, -0.2) is 8.78 Å². The van der Waals surface area contributed by atoms with Gasteiger partial charge in [-0.2, -0.15) is 0 Å². The molecule has 1 amide bonds. The Hall–Kier alpha value is -3.52. The van der Waals surface area contributed by atoms with E-state index in [4.69, 9.17) is 11.6 Å². The van der Waals surface area contributed by atoms with Gasteiger partial charge in [-0.1, -0.05) is 24.2 Å². The van der Waals surface area contributed by atoms with Gasteiger partial charge in [0.15, 0.2) is 5.82 Å². The molecule has 1 aliphatic rings. The largest absolute Gasteiger partial charge is 0.507 e. The molecule has 0 atom stereocenters. The molecule has 4 rings (SSSR count). The smallest absolute Gasteiger partial charge is 0.247 e. The first-order valence-electron chi connectivity index (χ1n) is 10.7. The third-order valence-corrected chi connectivity index (χ3v) is 6.39. The van der Waals surface area contributed by atoms with Crippen molar-refractivity contribution in [3.63, 3.8) is 0 Å². The normalized spacial score (nSPS) is 14.3. The van der Waals surface area contributed by atoms with E-state index in [0.717, 1.165) is 12.1 Å². The second-order valence-corrected chi connectivity index (χ2v) is 8.57. The number of hydrogen-bond acceptors (Lipinski definition) is 5. The van der Waals surface area contributed by atoms with Crippen molar-refractivity contribution in [2.24, 2.45) is 5.92 Å². The predicted octanol–water partition coefficient (Wildman–Crippen LogP) is 5.47. The Balaban J connectivity index is 1.92. The van der Waals surface area contributed by atoms with Gasteiger partial charge >= 0.3 is 0 Å². The van der Waals surface area contributed by atoms with Crippen LogP contribution < -0.4 is 10.2 Å². The number of carbonyl (C=O) groups is 2. The number of ketones is 1. The van der Waals surface area contributed by atoms with Gasteiger partial charge in [0.1, 0.15) is 22.9 Å². The summed E-state index contributed by atoms with van der Waals surface area (Å²) < 4.78 is 30.3. The SMILES string of the molecule is C=CC(=O)Nc1cnc2c(F)c(-c3c(O)cccc3F)c(Cl)cc2c1N1CCC(C(C)=O)CC1. The standard InChI is InChI=1S/C25H22ClF2N3O3/c1-3-20(34)30-18-12-29-24-15(25(18)31-9-7-14(8-10-31)13(2)32)11-16(26)21(23(24)28)22-17(27)5-4-6-19(22)33/h3-6,11-12,14,33H,1,7-10H2,2H3,(H,30,34). The molecule has 1 aliphatic heterocycles. The first-order chi connectivity index (χ1) is 16.2. The summed E-state index contributed by atoms with van der Waals surface area (Å²) in [5.41, 5.74) is 0.0632. The molecule has 6 nitrogen and oxygen atoms in total. The van der Waals surface area contributed by atoms with Crippen molar-refractivity contribution in [2.45, 2.75) is 19.8 Å². The number of rotatable bonds is 5. The number of Topliss-reactive ketones (excluding diaryl/α,β-unsaturated/α-hetero) is 1. The van der Waals surface area contributed by atoms with Crippen LogP contribution in [-0.2, 0) is 9.59 Å². The number of phenolic OH excluding ortho intramolecular Hbond substituents is 1. The lowest BCUT2D eigenvalue weighted by Crippen LogP contribution is -2.36. The van der Waals surface area contributed by atoms with Crippen LogP contribution in [0.25, 0.3) is 22.0 Å². The summed E-state index contributed by atoms with van der Waals surface area (Å²) in [6, 6.07) is 5.09. The average Bonchev–Trinajstić information content (AvgIpc) is 2.80. The molecule has 34 heavy (non-hydrogen) atoms. The molecule has 2 N–H and O–H groups in total. The molecule has 2 aromatic carbocycles. The van der Waals surface area contributed by atoms with Crippen LogP contribution in [0, 0.1) is 17.6 Å². The monoisotopic (exact) mass is 485 g/mol. The number of nitrogens with zero attached hydrogens (tertiary/aromatic N) is 2. The van der Waals surface area contributed by atoms with Crippen LogP contribution in [0.15, 0.2) is 43.1 Å². The van der Waals surface area contributed by atoms with E-state index in [1.165, 1.54) is 24.4 Å². The van der Waals surface area contributed by atoms with E-state index in [1.54, 1.807) is 6.92 Å². The molecule has 0 saturated carbocycles. The summed E-state index contributed by atoms with van der Waals surface area (Å²) in [6.07, 6.45) is 3.63. The number of pyridine rings is 1. The Kier molecular flexibility index (Phi) is 6.52. The summed E-state index contributed by atoms with van der Waals surface area (Å²) in [7, 11) is 0. The number of fused-ring (bicyclic) bond motifs is 1. The van der Waals surface area contributed by atoms with E-state index in [2.05, 4.69) is 16.9 Å². The fraction of sp³-hybridized carbons (Fsp3) is 0.240. The van der Waals surface area contributed by atoms with Crippen LogP contribution in [-0.4, -0.2) is 34.9 Å². The molecule has 3 aromatic rings. The van der Waals surface area contributed by atoms with Gasteiger partial charge < -0.3 is 15.3 Å². The van der Waals surface area contributed by atoms with Crippen LogP contribution in [0.1, 0.15) is 19.8 Å². The van der Waals surface area contributed by atoms with E-state index in [0.29, 0.717) is 42.7 Å². The van der Waals surface area contributed by atoms with Gasteiger partial charge in [0.05, 0.1) is 28.2 Å². The highest BCUT2D eigenvalue weighted by molar-refractivity contribution is 6.34. The summed E-state index contributed by atoms with van der Waals surface area (Å²) in [5, 5.41) is 13.1. The minimum absolute atomic E-state index is 0.0634. The lowest BCUT2D eigenvalue weighted by molar-refractivity contribution is -0.121. The quantitative estimate of drug-likeness (QED) is 0.468. The number of aromatic hydroxyl groups is 1. The molecule has 1 saturated heterocycles. The van der Waals surface area contributed by atoms with Crippen molar-refractivity contribution in [2.75, 3.05) is 23.3 Å². The zero-order valence-corrected chi connectivity index (χ0v) is 19.1. The number of nitrogens with one attached hydrogen (secondary N) is 1. The maximum atomic E-state index is 15.8. The van der Waals surface area contributed by atoms with E-state index >= 15 is 4.39 Å². The fourth-order valence-electron chi connectivity index (χ4n) is 4.37. The molecule has 176 valence electrons. The van der Waals surface area contributed by atoms with Gasteiger partial charge in [-0.05, 0) is 44.0 Å². The number of carbonyl (C=O) groups excluding carboxylic acids is 2. The van der Waals surface area contributed by atoms with Crippen LogP contribution >= 0.6 is 11.6 Å². The third-order valence-electron chi connectivity index (χ3n) is 6.10. The van der Waals surface area contributed by atoms with E-state index in [-0.39, 0.29) is 33.4 Å². The highest BCUT2D eigenvalue weighted by Gasteiger charge is 2.28. The maximum absolute atomic E-state index is 15.8. The maximum Gasteiger partial charge on any atom is 0.247 e. The Morgan fingerprint density at radius 1 is 1.26 bits per heavy atom. The van der Waals surface area contributed by atoms with Crippen molar-refractivity contribution in [3.8, 4) is 16.9 Å². The van der Waals surface area contributed by atoms with Gasteiger partial charge in [0, 0.05) is 30.0 Å². The Bertz CT molecular complexity index is 1300. The number of phenols is 1. The molecule has 0 radical (unpaired) electrons. The van der Waals surface area contributed by atoms with Crippen molar-refractivity contribution in [3.05, 3.63) is 59.8 Å². The van der Waals surface area contributed by atoms with Crippen molar-refractivity contribution >= 4 is 45.6 Å². The van der Waals surface area contributed by atoms with Crippen molar-refractivity contribution < 1.29 is 23.5 Å². The molecule has 0 aliphatic carbocycles. The van der Waals surface area contributed by atoms with Gasteiger partial charge in [0.2, 0.25) is 5.91 Å². The number of aromatic nitrogens is 1. The van der Waals surface area contributed by atoms with E-state index in [9.17, 15) is 19.1 Å². The number of amides is 1. The van der Waals surface area contributed by atoms with E-state index in [1.807, 2.05) is 4.90 Å². The average molecular weight is 486 g/mol. The molecule has 1 fully saturated rings. The number of benzene rings is 2. The third kappa shape index (κ3) is 4.21. The molecular formula is C25H22ClF2N3O3. The Morgan fingerprint density at radius 3 is 2.59 bits per heavy atom. The van der Waals surface area contributed by atoms with Gasteiger partial charge in [-0.3, -0.25) is 14.6 Å². The molecule has 0 unspecified atom stereocenters. The second-order valence-electron chi connectivity index (χ2n) is 8.16. The molecule has 0 bridgehead atoms. The summed E-state index contributed by atoms with van der Waals surface area (Å²) in [5.74, 6) is -2.61. The van der Waals surface area contributed by atoms with Crippen LogP contribution in [0.4, 0.5) is 20.2 Å². The van der Waals surface area contributed by atoms with Crippen LogP contribution in [0.2, 0.25) is 5.02 Å². The van der Waals surface area contributed by atoms with E-state index < -0.39 is 23.3 Å². The first-order valence-corrected chi connectivity index (χ1v) is 11.1. The van der Waals surface area contributed by atoms with Crippen molar-refractivity contribution in [1.29, 1.82) is 0 Å². The lowest BCUT2D eigenvalue weighted by atomic mass is 9.92. The summed E-state index contributed by atoms with van der Waals surface area (Å²) >= 11 is 6.44. The molecule has 2 heterocycles. The fourth-order valence-corrected chi connectivity index (χ4v) is 4.65. The predicted molar refractivity (Wildman–Crippen MR) is 128 cm³/mol. The zero-order chi connectivity index (χ0) is 24.6. The summed E-state index contributed by atoms with van der Waals surface area (Å²) in [4.78, 5) is 30.0. The highest BCUT2D eigenvalue weighted by Crippen LogP contribution is 2.44. The van der Waals surface area contributed by atoms with Crippen molar-refractivity contribution in [1.82, 2.24) is 4.98 Å². The minimum Gasteiger partial charge on any atom is -0.507 e. The number of piperidine rings is 1. The zero-order valence-electron chi connectivity index (χ0n) is 18.4. The second kappa shape index (κ2) is 9.38.